The molecule has 1 aliphatic heterocycles. The lowest BCUT2D eigenvalue weighted by Crippen LogP contribution is -2.29. The Kier molecular flexibility index (Phi) is 6.50. The molecule has 190 valence electrons. The van der Waals surface area contributed by atoms with Crippen molar-refractivity contribution in [1.82, 2.24) is 4.90 Å². The number of ether oxygens (including phenoxy) is 2. The van der Waals surface area contributed by atoms with Gasteiger partial charge in [0.1, 0.15) is 5.58 Å². The molecule has 5 rings (SSSR count). The van der Waals surface area contributed by atoms with E-state index in [1.165, 1.54) is 0 Å². The van der Waals surface area contributed by atoms with Gasteiger partial charge in [-0.05, 0) is 66.3 Å². The predicted octanol–water partition coefficient (Wildman–Crippen LogP) is 6.20. The minimum atomic E-state index is -0.627. The third-order valence-electron chi connectivity index (χ3n) is 6.85. The van der Waals surface area contributed by atoms with E-state index in [9.17, 15) is 9.59 Å². The summed E-state index contributed by atoms with van der Waals surface area (Å²) >= 11 is 0. The number of hydrogen-bond donors (Lipinski definition) is 0. The zero-order valence-corrected chi connectivity index (χ0v) is 21.8. The van der Waals surface area contributed by atoms with Crippen LogP contribution < -0.4 is 14.9 Å². The van der Waals surface area contributed by atoms with Gasteiger partial charge in [-0.25, -0.2) is 0 Å². The highest BCUT2D eigenvalue weighted by molar-refractivity contribution is 5.99. The highest BCUT2D eigenvalue weighted by Gasteiger charge is 2.43. The summed E-state index contributed by atoms with van der Waals surface area (Å²) in [5.74, 6) is 1.32. The first-order valence-corrected chi connectivity index (χ1v) is 12.5. The lowest BCUT2D eigenvalue weighted by molar-refractivity contribution is 0.0714. The third kappa shape index (κ3) is 4.48. The molecule has 1 aliphatic rings. The fraction of sp³-hybridized carbons (Fsp3) is 0.290. The minimum absolute atomic E-state index is 0.0979. The number of rotatable bonds is 7. The van der Waals surface area contributed by atoms with Crippen LogP contribution in [0.15, 0.2) is 69.9 Å². The van der Waals surface area contributed by atoms with Gasteiger partial charge in [-0.15, -0.1) is 0 Å². The summed E-state index contributed by atoms with van der Waals surface area (Å²) in [5, 5.41) is 0.477. The van der Waals surface area contributed by atoms with Gasteiger partial charge in [-0.1, -0.05) is 50.2 Å². The molecule has 1 atom stereocenters. The second-order valence-corrected chi connectivity index (χ2v) is 10.0. The van der Waals surface area contributed by atoms with E-state index in [1.54, 1.807) is 12.0 Å². The Hall–Kier alpha value is -4.06. The smallest absolute Gasteiger partial charge is 0.291 e. The average molecular weight is 498 g/mol. The lowest BCUT2D eigenvalue weighted by atomic mass is 9.97. The maximum absolute atomic E-state index is 13.9. The van der Waals surface area contributed by atoms with E-state index in [0.29, 0.717) is 47.1 Å². The fourth-order valence-electron chi connectivity index (χ4n) is 4.80. The number of aryl methyl sites for hydroxylation is 2. The van der Waals surface area contributed by atoms with Crippen molar-refractivity contribution in [2.45, 2.75) is 40.3 Å². The Balaban J connectivity index is 1.69. The number of amides is 1. The highest BCUT2D eigenvalue weighted by Crippen LogP contribution is 2.42. The number of carbonyl (C=O) groups is 1. The Morgan fingerprint density at radius 2 is 1.68 bits per heavy atom. The van der Waals surface area contributed by atoms with Gasteiger partial charge >= 0.3 is 0 Å². The summed E-state index contributed by atoms with van der Waals surface area (Å²) in [5.41, 5.74) is 4.31. The number of methoxy groups -OCH3 is 1. The molecule has 2 heterocycles. The van der Waals surface area contributed by atoms with Crippen molar-refractivity contribution in [3.8, 4) is 11.5 Å². The van der Waals surface area contributed by atoms with Crippen LogP contribution in [0.2, 0.25) is 0 Å². The van der Waals surface area contributed by atoms with Gasteiger partial charge in [0, 0.05) is 6.54 Å². The van der Waals surface area contributed by atoms with Gasteiger partial charge in [-0.3, -0.25) is 9.59 Å². The molecule has 0 aliphatic carbocycles. The van der Waals surface area contributed by atoms with Gasteiger partial charge in [-0.2, -0.15) is 0 Å². The number of nitrogens with zero attached hydrogens (tertiary/aromatic N) is 1. The monoisotopic (exact) mass is 497 g/mol. The van der Waals surface area contributed by atoms with Crippen molar-refractivity contribution in [2.75, 3.05) is 13.7 Å². The third-order valence-corrected chi connectivity index (χ3v) is 6.85. The van der Waals surface area contributed by atoms with Gasteiger partial charge in [0.25, 0.3) is 5.91 Å². The zero-order chi connectivity index (χ0) is 26.3. The Bertz CT molecular complexity index is 1540. The van der Waals surface area contributed by atoms with Crippen molar-refractivity contribution >= 4 is 16.9 Å². The molecule has 0 saturated carbocycles. The first kappa shape index (κ1) is 24.6. The number of benzene rings is 3. The maximum Gasteiger partial charge on any atom is 0.291 e. The van der Waals surface area contributed by atoms with E-state index in [4.69, 9.17) is 13.9 Å². The van der Waals surface area contributed by atoms with Crippen LogP contribution in [0.25, 0.3) is 11.0 Å². The average Bonchev–Trinajstić information content (AvgIpc) is 3.16. The van der Waals surface area contributed by atoms with E-state index in [1.807, 2.05) is 74.5 Å². The SMILES string of the molecule is COc1cc(C2c3c(oc4cc(C)c(C)cc4c3=O)C(=O)N2Cc2ccccc2)ccc1OCC(C)C. The van der Waals surface area contributed by atoms with Crippen molar-refractivity contribution in [3.05, 3.63) is 104 Å². The normalized spacial score (nSPS) is 14.9. The number of fused-ring (bicyclic) bond motifs is 2. The molecule has 0 saturated heterocycles. The quantitative estimate of drug-likeness (QED) is 0.304. The summed E-state index contributed by atoms with van der Waals surface area (Å²) in [6, 6.07) is 18.4. The molecule has 37 heavy (non-hydrogen) atoms. The van der Waals surface area contributed by atoms with E-state index in [2.05, 4.69) is 13.8 Å². The van der Waals surface area contributed by atoms with Crippen molar-refractivity contribution < 1.29 is 18.7 Å². The summed E-state index contributed by atoms with van der Waals surface area (Å²) in [6.07, 6.45) is 0. The molecule has 4 aromatic rings. The summed E-state index contributed by atoms with van der Waals surface area (Å²) in [6.45, 7) is 8.97. The van der Waals surface area contributed by atoms with Crippen molar-refractivity contribution in [3.63, 3.8) is 0 Å². The first-order chi connectivity index (χ1) is 17.8. The number of carbonyl (C=O) groups excluding carboxylic acids is 1. The Labute approximate surface area is 216 Å². The molecule has 0 radical (unpaired) electrons. The van der Waals surface area contributed by atoms with Crippen molar-refractivity contribution in [1.29, 1.82) is 0 Å². The molecule has 3 aromatic carbocycles. The second kappa shape index (κ2) is 9.77. The summed E-state index contributed by atoms with van der Waals surface area (Å²) < 4.78 is 17.7. The minimum Gasteiger partial charge on any atom is -0.493 e. The van der Waals surface area contributed by atoms with Crippen molar-refractivity contribution in [2.24, 2.45) is 5.92 Å². The molecular weight excluding hydrogens is 466 g/mol. The number of hydrogen-bond acceptors (Lipinski definition) is 5. The van der Waals surface area contributed by atoms with Crippen LogP contribution >= 0.6 is 0 Å². The first-order valence-electron chi connectivity index (χ1n) is 12.5. The molecule has 0 bridgehead atoms. The van der Waals surface area contributed by atoms with E-state index < -0.39 is 6.04 Å². The molecule has 0 N–H and O–H groups in total. The van der Waals surface area contributed by atoms with Crippen LogP contribution in [0.4, 0.5) is 0 Å². The van der Waals surface area contributed by atoms with Gasteiger partial charge < -0.3 is 18.8 Å². The Morgan fingerprint density at radius 1 is 0.946 bits per heavy atom. The largest absolute Gasteiger partial charge is 0.493 e. The van der Waals surface area contributed by atoms with Crippen LogP contribution in [0, 0.1) is 19.8 Å². The molecular formula is C31H31NO5. The van der Waals surface area contributed by atoms with Crippen LogP contribution in [0.1, 0.15) is 58.3 Å². The van der Waals surface area contributed by atoms with E-state index in [0.717, 1.165) is 22.3 Å². The van der Waals surface area contributed by atoms with E-state index in [-0.39, 0.29) is 17.1 Å². The lowest BCUT2D eigenvalue weighted by Gasteiger charge is -2.26. The zero-order valence-electron chi connectivity index (χ0n) is 21.8. The fourth-order valence-corrected chi connectivity index (χ4v) is 4.80. The predicted molar refractivity (Wildman–Crippen MR) is 143 cm³/mol. The standard InChI is InChI=1S/C31H31NO5/c1-18(2)17-36-24-12-11-22(15-26(24)35-5)28-27-29(33)23-13-19(3)20(4)14-25(23)37-30(27)31(34)32(28)16-21-9-7-6-8-10-21/h6-15,18,28H,16-17H2,1-5H3. The molecule has 0 fully saturated rings. The van der Waals surface area contributed by atoms with Crippen LogP contribution in [0.5, 0.6) is 11.5 Å². The van der Waals surface area contributed by atoms with Crippen LogP contribution in [0.3, 0.4) is 0 Å². The van der Waals surface area contributed by atoms with Gasteiger partial charge in [0.15, 0.2) is 16.9 Å². The topological polar surface area (TPSA) is 69.0 Å². The van der Waals surface area contributed by atoms with Crippen LogP contribution in [-0.4, -0.2) is 24.5 Å². The molecule has 6 heteroatoms. The molecule has 6 nitrogen and oxygen atoms in total. The summed E-state index contributed by atoms with van der Waals surface area (Å²) in [7, 11) is 1.59. The van der Waals surface area contributed by atoms with Gasteiger partial charge in [0.05, 0.1) is 30.7 Å². The van der Waals surface area contributed by atoms with Crippen LogP contribution in [-0.2, 0) is 6.54 Å². The molecule has 1 aromatic heterocycles. The summed E-state index contributed by atoms with van der Waals surface area (Å²) in [4.78, 5) is 29.4. The molecule has 1 amide bonds. The maximum atomic E-state index is 13.9. The molecule has 0 spiro atoms. The Morgan fingerprint density at radius 3 is 2.38 bits per heavy atom. The molecule has 1 unspecified atom stereocenters. The second-order valence-electron chi connectivity index (χ2n) is 10.0. The van der Waals surface area contributed by atoms with E-state index >= 15 is 0 Å². The highest BCUT2D eigenvalue weighted by atomic mass is 16.5. The van der Waals surface area contributed by atoms with Gasteiger partial charge in [0.2, 0.25) is 5.76 Å².